The van der Waals surface area contributed by atoms with Gasteiger partial charge in [0.05, 0.1) is 0 Å². The molecule has 0 saturated carbocycles. The van der Waals surface area contributed by atoms with Crippen molar-refractivity contribution in [2.45, 2.75) is 32.4 Å². The monoisotopic (exact) mass is 348 g/mol. The SMILES string of the molecule is CC(C)(C)OC(=O)N[C@H](C(=O)On1c(O)ccc1O)c1ccccc1. The summed E-state index contributed by atoms with van der Waals surface area (Å²) in [7, 11) is 0. The van der Waals surface area contributed by atoms with Crippen molar-refractivity contribution in [3.05, 3.63) is 48.0 Å². The van der Waals surface area contributed by atoms with E-state index in [-0.39, 0.29) is 0 Å². The maximum Gasteiger partial charge on any atom is 0.408 e. The van der Waals surface area contributed by atoms with Crippen molar-refractivity contribution in [2.75, 3.05) is 0 Å². The van der Waals surface area contributed by atoms with Crippen molar-refractivity contribution in [2.24, 2.45) is 0 Å². The number of amides is 1. The molecule has 1 aromatic carbocycles. The van der Waals surface area contributed by atoms with Crippen LogP contribution in [-0.4, -0.2) is 32.6 Å². The molecule has 1 heterocycles. The first-order valence-corrected chi connectivity index (χ1v) is 7.54. The lowest BCUT2D eigenvalue weighted by Gasteiger charge is -2.23. The number of hydrogen-bond donors (Lipinski definition) is 3. The largest absolute Gasteiger partial charge is 0.492 e. The second-order valence-corrected chi connectivity index (χ2v) is 6.24. The van der Waals surface area contributed by atoms with Crippen LogP contribution in [0.3, 0.4) is 0 Å². The Morgan fingerprint density at radius 2 is 1.60 bits per heavy atom. The summed E-state index contributed by atoms with van der Waals surface area (Å²) >= 11 is 0. The number of alkyl carbamates (subject to hydrolysis) is 1. The highest BCUT2D eigenvalue weighted by molar-refractivity contribution is 5.83. The molecule has 2 rings (SSSR count). The smallest absolute Gasteiger partial charge is 0.408 e. The van der Waals surface area contributed by atoms with Crippen molar-refractivity contribution in [3.63, 3.8) is 0 Å². The van der Waals surface area contributed by atoms with Crippen molar-refractivity contribution in [1.82, 2.24) is 10.0 Å². The third-order valence-electron chi connectivity index (χ3n) is 3.01. The van der Waals surface area contributed by atoms with Gasteiger partial charge in [-0.05, 0) is 26.3 Å². The number of nitrogens with zero attached hydrogens (tertiary/aromatic N) is 1. The number of ether oxygens (including phenoxy) is 1. The molecule has 8 heteroatoms. The van der Waals surface area contributed by atoms with Crippen LogP contribution in [0.4, 0.5) is 4.79 Å². The number of aromatic hydroxyl groups is 2. The zero-order valence-corrected chi connectivity index (χ0v) is 14.1. The highest BCUT2D eigenvalue weighted by atomic mass is 16.7. The summed E-state index contributed by atoms with van der Waals surface area (Å²) in [6.07, 6.45) is -0.806. The molecule has 0 aliphatic rings. The summed E-state index contributed by atoms with van der Waals surface area (Å²) in [6, 6.07) is 9.49. The molecular weight excluding hydrogens is 328 g/mol. The van der Waals surface area contributed by atoms with Crippen LogP contribution in [0.2, 0.25) is 0 Å². The van der Waals surface area contributed by atoms with Crippen LogP contribution in [0.5, 0.6) is 11.8 Å². The van der Waals surface area contributed by atoms with Crippen LogP contribution in [0, 0.1) is 0 Å². The van der Waals surface area contributed by atoms with Gasteiger partial charge < -0.3 is 25.1 Å². The number of rotatable bonds is 4. The minimum atomic E-state index is -1.20. The molecule has 1 amide bonds. The Balaban J connectivity index is 2.22. The summed E-state index contributed by atoms with van der Waals surface area (Å²) in [5.41, 5.74) is -0.295. The molecule has 134 valence electrons. The quantitative estimate of drug-likeness (QED) is 0.781. The molecule has 0 bridgehead atoms. The second kappa shape index (κ2) is 7.16. The molecule has 0 aliphatic heterocycles. The minimum absolute atomic E-state index is 0.449. The zero-order chi connectivity index (χ0) is 18.6. The van der Waals surface area contributed by atoms with E-state index in [4.69, 9.17) is 9.57 Å². The van der Waals surface area contributed by atoms with E-state index in [1.54, 1.807) is 51.1 Å². The van der Waals surface area contributed by atoms with Crippen LogP contribution in [0.1, 0.15) is 32.4 Å². The lowest BCUT2D eigenvalue weighted by Crippen LogP contribution is -2.40. The Kier molecular flexibility index (Phi) is 5.21. The molecule has 2 aromatic rings. The predicted octanol–water partition coefficient (Wildman–Crippen LogP) is 2.12. The van der Waals surface area contributed by atoms with Gasteiger partial charge in [0.25, 0.3) is 0 Å². The summed E-state index contributed by atoms with van der Waals surface area (Å²) < 4.78 is 5.71. The minimum Gasteiger partial charge on any atom is -0.492 e. The van der Waals surface area contributed by atoms with Crippen LogP contribution in [0.15, 0.2) is 42.5 Å². The topological polar surface area (TPSA) is 110 Å². The molecule has 0 fully saturated rings. The van der Waals surface area contributed by atoms with E-state index in [1.165, 1.54) is 0 Å². The molecule has 0 radical (unpaired) electrons. The Labute approximate surface area is 144 Å². The lowest BCUT2D eigenvalue weighted by molar-refractivity contribution is -0.148. The molecule has 8 nitrogen and oxygen atoms in total. The van der Waals surface area contributed by atoms with Gasteiger partial charge in [-0.1, -0.05) is 30.3 Å². The Hall–Kier alpha value is -3.16. The van der Waals surface area contributed by atoms with Crippen molar-refractivity contribution < 1.29 is 29.4 Å². The van der Waals surface area contributed by atoms with Gasteiger partial charge in [-0.2, -0.15) is 0 Å². The fourth-order valence-electron chi connectivity index (χ4n) is 1.99. The Morgan fingerprint density at radius 1 is 1.04 bits per heavy atom. The van der Waals surface area contributed by atoms with Crippen molar-refractivity contribution >= 4 is 12.1 Å². The van der Waals surface area contributed by atoms with Crippen LogP contribution in [-0.2, 0) is 9.53 Å². The van der Waals surface area contributed by atoms with Gasteiger partial charge in [0, 0.05) is 12.1 Å². The van der Waals surface area contributed by atoms with E-state index in [0.29, 0.717) is 10.3 Å². The Bertz CT molecular complexity index is 729. The van der Waals surface area contributed by atoms with Gasteiger partial charge in [-0.15, -0.1) is 4.73 Å². The van der Waals surface area contributed by atoms with E-state index in [0.717, 1.165) is 12.1 Å². The molecule has 1 atom stereocenters. The van der Waals surface area contributed by atoms with Gasteiger partial charge in [-0.3, -0.25) is 0 Å². The fraction of sp³-hybridized carbons (Fsp3) is 0.294. The number of nitrogens with one attached hydrogen (secondary N) is 1. The van der Waals surface area contributed by atoms with E-state index >= 15 is 0 Å². The van der Waals surface area contributed by atoms with Gasteiger partial charge >= 0.3 is 12.1 Å². The van der Waals surface area contributed by atoms with Gasteiger partial charge in [-0.25, -0.2) is 9.59 Å². The molecule has 1 aromatic heterocycles. The van der Waals surface area contributed by atoms with Gasteiger partial charge in [0.1, 0.15) is 5.60 Å². The molecule has 0 saturated heterocycles. The maximum absolute atomic E-state index is 12.5. The van der Waals surface area contributed by atoms with E-state index in [9.17, 15) is 19.8 Å². The first kappa shape index (κ1) is 18.2. The summed E-state index contributed by atoms with van der Waals surface area (Å²) in [5, 5.41) is 21.6. The summed E-state index contributed by atoms with van der Waals surface area (Å²) in [4.78, 5) is 29.5. The predicted molar refractivity (Wildman–Crippen MR) is 87.9 cm³/mol. The highest BCUT2D eigenvalue weighted by Crippen LogP contribution is 2.21. The molecule has 0 unspecified atom stereocenters. The van der Waals surface area contributed by atoms with Crippen molar-refractivity contribution in [1.29, 1.82) is 0 Å². The van der Waals surface area contributed by atoms with Crippen LogP contribution in [0.25, 0.3) is 0 Å². The zero-order valence-electron chi connectivity index (χ0n) is 14.1. The summed E-state index contributed by atoms with van der Waals surface area (Å²) in [6.45, 7) is 5.08. The third-order valence-corrected chi connectivity index (χ3v) is 3.01. The standard InChI is InChI=1S/C17H20N2O6/c1-17(2,3)24-16(23)18-14(11-7-5-4-6-8-11)15(22)25-19-12(20)9-10-13(19)21/h4-10,14,20-21H,1-3H3,(H,18,23)/t14-/m0/s1. The van der Waals surface area contributed by atoms with Gasteiger partial charge in [0.15, 0.2) is 6.04 Å². The number of benzene rings is 1. The molecule has 3 N–H and O–H groups in total. The fourth-order valence-corrected chi connectivity index (χ4v) is 1.99. The third kappa shape index (κ3) is 4.90. The average Bonchev–Trinajstić information content (AvgIpc) is 2.83. The van der Waals surface area contributed by atoms with Crippen LogP contribution >= 0.6 is 0 Å². The number of aromatic nitrogens is 1. The van der Waals surface area contributed by atoms with E-state index < -0.39 is 35.5 Å². The van der Waals surface area contributed by atoms with E-state index in [2.05, 4.69) is 5.32 Å². The molecular formula is C17H20N2O6. The number of hydrogen-bond acceptors (Lipinski definition) is 6. The first-order chi connectivity index (χ1) is 11.7. The van der Waals surface area contributed by atoms with Gasteiger partial charge in [0.2, 0.25) is 11.8 Å². The lowest BCUT2D eigenvalue weighted by atomic mass is 10.1. The normalized spacial score (nSPS) is 12.3. The molecule has 0 spiro atoms. The summed E-state index contributed by atoms with van der Waals surface area (Å²) in [5.74, 6) is -1.84. The first-order valence-electron chi connectivity index (χ1n) is 7.54. The van der Waals surface area contributed by atoms with E-state index in [1.807, 2.05) is 0 Å². The Morgan fingerprint density at radius 3 is 2.12 bits per heavy atom. The average molecular weight is 348 g/mol. The number of carbonyl (C=O) groups is 2. The highest BCUT2D eigenvalue weighted by Gasteiger charge is 2.28. The van der Waals surface area contributed by atoms with Crippen LogP contribution < -0.4 is 10.2 Å². The van der Waals surface area contributed by atoms with Crippen molar-refractivity contribution in [3.8, 4) is 11.8 Å². The molecule has 0 aliphatic carbocycles. The molecule has 25 heavy (non-hydrogen) atoms. The maximum atomic E-state index is 12.5. The second-order valence-electron chi connectivity index (χ2n) is 6.24. The number of carbonyl (C=O) groups excluding carboxylic acids is 2.